The first kappa shape index (κ1) is 13.0. The topological polar surface area (TPSA) is 43.1 Å². The minimum atomic E-state index is -3.36. The van der Waals surface area contributed by atoms with Gasteiger partial charge in [0.15, 0.2) is 0 Å². The molecule has 0 radical (unpaired) electrons. The summed E-state index contributed by atoms with van der Waals surface area (Å²) in [5, 5.41) is 0. The number of hydrogen-bond donors (Lipinski definition) is 1. The Morgan fingerprint density at radius 2 is 1.88 bits per heavy atom. The lowest BCUT2D eigenvalue weighted by molar-refractivity contribution is 0.0928. The number of nitrogens with two attached hydrogens (primary N) is 1. The molecule has 1 aromatic carbocycles. The Morgan fingerprint density at radius 1 is 1.31 bits per heavy atom. The van der Waals surface area contributed by atoms with E-state index in [1.807, 2.05) is 0 Å². The molecule has 0 bridgehead atoms. The van der Waals surface area contributed by atoms with Crippen molar-refractivity contribution >= 4 is 16.5 Å². The van der Waals surface area contributed by atoms with E-state index in [9.17, 15) is 21.8 Å². The van der Waals surface area contributed by atoms with Gasteiger partial charge in [-0.3, -0.25) is 4.21 Å². The second-order valence-electron chi connectivity index (χ2n) is 3.12. The number of hydrogen-bond acceptors (Lipinski definition) is 2. The van der Waals surface area contributed by atoms with Gasteiger partial charge in [0.05, 0.1) is 16.5 Å². The fourth-order valence-corrected chi connectivity index (χ4v) is 2.15. The summed E-state index contributed by atoms with van der Waals surface area (Å²) in [5.74, 6) is -0.759. The van der Waals surface area contributed by atoms with Gasteiger partial charge >= 0.3 is 0 Å². The molecule has 0 aliphatic carbocycles. The highest BCUT2D eigenvalue weighted by Crippen LogP contribution is 2.24. The molecule has 0 saturated carbocycles. The molecule has 0 spiro atoms. The van der Waals surface area contributed by atoms with Gasteiger partial charge in [-0.1, -0.05) is 0 Å². The zero-order valence-electron chi connectivity index (χ0n) is 8.22. The molecule has 1 rings (SSSR count). The number of anilines is 1. The van der Waals surface area contributed by atoms with Crippen molar-refractivity contribution in [2.24, 2.45) is 0 Å². The first-order chi connectivity index (χ1) is 7.34. The maximum Gasteiger partial charge on any atom is 0.281 e. The van der Waals surface area contributed by atoms with Gasteiger partial charge in [-0.25, -0.2) is 17.6 Å². The average molecular weight is 255 g/mol. The maximum atomic E-state index is 12.9. The minimum Gasteiger partial charge on any atom is -0.396 e. The smallest absolute Gasteiger partial charge is 0.281 e. The molecule has 2 nitrogen and oxygen atoms in total. The van der Waals surface area contributed by atoms with Gasteiger partial charge in [-0.15, -0.1) is 0 Å². The van der Waals surface area contributed by atoms with E-state index in [-0.39, 0.29) is 16.1 Å². The molecule has 0 amide bonds. The van der Waals surface area contributed by atoms with E-state index in [0.29, 0.717) is 0 Å². The molecule has 0 aromatic heterocycles. The van der Waals surface area contributed by atoms with E-state index in [4.69, 9.17) is 5.73 Å². The van der Waals surface area contributed by atoms with E-state index in [1.54, 1.807) is 0 Å². The number of halogens is 4. The quantitative estimate of drug-likeness (QED) is 0.665. The lowest BCUT2D eigenvalue weighted by atomic mass is 10.2. The number of rotatable bonds is 3. The monoisotopic (exact) mass is 255 g/mol. The van der Waals surface area contributed by atoms with Gasteiger partial charge in [0, 0.05) is 4.90 Å². The third kappa shape index (κ3) is 2.52. The highest BCUT2D eigenvalue weighted by Gasteiger charge is 2.28. The summed E-state index contributed by atoms with van der Waals surface area (Å²) >= 11 is 0. The third-order valence-corrected chi connectivity index (χ3v) is 3.40. The van der Waals surface area contributed by atoms with E-state index in [0.717, 1.165) is 12.1 Å². The molecular formula is C9H9F4NOS. The Morgan fingerprint density at radius 3 is 2.38 bits per heavy atom. The molecule has 7 heteroatoms. The van der Waals surface area contributed by atoms with Gasteiger partial charge < -0.3 is 5.73 Å². The predicted octanol–water partition coefficient (Wildman–Crippen LogP) is 2.38. The first-order valence-corrected chi connectivity index (χ1v) is 5.44. The standard InChI is InChI=1S/C9H9F4NOS/c1-4-2-5(10)6(14)3-7(4)16(15)9(13)8(11)12/h2-3,8-9H,14H2,1H3. The molecule has 0 aliphatic rings. The molecule has 0 heterocycles. The van der Waals surface area contributed by atoms with Crippen molar-refractivity contribution in [3.05, 3.63) is 23.5 Å². The Hall–Kier alpha value is -1.11. The van der Waals surface area contributed by atoms with Crippen LogP contribution in [-0.4, -0.2) is 16.1 Å². The highest BCUT2D eigenvalue weighted by molar-refractivity contribution is 7.85. The fourth-order valence-electron chi connectivity index (χ4n) is 1.10. The largest absolute Gasteiger partial charge is 0.396 e. The van der Waals surface area contributed by atoms with Gasteiger partial charge in [0.2, 0.25) is 5.50 Å². The summed E-state index contributed by atoms with van der Waals surface area (Å²) in [6.07, 6.45) is -3.36. The van der Waals surface area contributed by atoms with Crippen LogP contribution >= 0.6 is 0 Å². The molecule has 1 aromatic rings. The minimum absolute atomic E-state index is 0.119. The Kier molecular flexibility index (Phi) is 3.90. The second-order valence-corrected chi connectivity index (χ2v) is 4.61. The Balaban J connectivity index is 3.14. The number of benzene rings is 1. The van der Waals surface area contributed by atoms with Crippen LogP contribution in [-0.2, 0) is 10.8 Å². The number of nitrogen functional groups attached to an aromatic ring is 1. The lowest BCUT2D eigenvalue weighted by Crippen LogP contribution is -2.19. The van der Waals surface area contributed by atoms with Crippen molar-refractivity contribution in [2.45, 2.75) is 23.7 Å². The second kappa shape index (κ2) is 4.82. The molecule has 2 N–H and O–H groups in total. The van der Waals surface area contributed by atoms with Crippen LogP contribution in [0.5, 0.6) is 0 Å². The van der Waals surface area contributed by atoms with Crippen LogP contribution < -0.4 is 5.73 Å². The van der Waals surface area contributed by atoms with Crippen LogP contribution in [0.2, 0.25) is 0 Å². The first-order valence-electron chi connectivity index (χ1n) is 4.23. The zero-order valence-corrected chi connectivity index (χ0v) is 9.03. The van der Waals surface area contributed by atoms with E-state index in [2.05, 4.69) is 0 Å². The number of aryl methyl sites for hydroxylation is 1. The SMILES string of the molecule is Cc1cc(F)c(N)cc1S(=O)C(F)C(F)F. The summed E-state index contributed by atoms with van der Waals surface area (Å²) in [6, 6.07) is 1.84. The molecule has 0 saturated heterocycles. The van der Waals surface area contributed by atoms with E-state index >= 15 is 0 Å². The van der Waals surface area contributed by atoms with Crippen molar-refractivity contribution < 1.29 is 21.8 Å². The van der Waals surface area contributed by atoms with Crippen LogP contribution in [0.25, 0.3) is 0 Å². The maximum absolute atomic E-state index is 12.9. The van der Waals surface area contributed by atoms with E-state index in [1.165, 1.54) is 6.92 Å². The summed E-state index contributed by atoms with van der Waals surface area (Å²) in [7, 11) is -2.55. The molecule has 90 valence electrons. The average Bonchev–Trinajstić information content (AvgIpc) is 2.21. The van der Waals surface area contributed by atoms with Crippen molar-refractivity contribution in [2.75, 3.05) is 5.73 Å². The molecule has 2 unspecified atom stereocenters. The van der Waals surface area contributed by atoms with Crippen LogP contribution in [0.4, 0.5) is 23.2 Å². The fraction of sp³-hybridized carbons (Fsp3) is 0.333. The highest BCUT2D eigenvalue weighted by atomic mass is 32.2. The predicted molar refractivity (Wildman–Crippen MR) is 52.9 cm³/mol. The normalized spacial score (nSPS) is 15.1. The summed E-state index contributed by atoms with van der Waals surface area (Å²) in [6.45, 7) is 1.34. The van der Waals surface area contributed by atoms with Crippen molar-refractivity contribution in [3.63, 3.8) is 0 Å². The van der Waals surface area contributed by atoms with Gasteiger partial charge in [0.1, 0.15) is 5.82 Å². The number of alkyl halides is 3. The van der Waals surface area contributed by atoms with Crippen molar-refractivity contribution in [1.82, 2.24) is 0 Å². The molecule has 0 aliphatic heterocycles. The zero-order chi connectivity index (χ0) is 12.5. The summed E-state index contributed by atoms with van der Waals surface area (Å²) in [5.41, 5.74) is 2.15. The lowest BCUT2D eigenvalue weighted by Gasteiger charge is -2.10. The van der Waals surface area contributed by atoms with E-state index < -0.39 is 28.5 Å². The van der Waals surface area contributed by atoms with Crippen LogP contribution in [0.15, 0.2) is 17.0 Å². The van der Waals surface area contributed by atoms with Crippen LogP contribution in [0.3, 0.4) is 0 Å². The molecule has 0 fully saturated rings. The Bertz CT molecular complexity index is 424. The summed E-state index contributed by atoms with van der Waals surface area (Å²) < 4.78 is 61.1. The van der Waals surface area contributed by atoms with Gasteiger partial charge in [0.25, 0.3) is 6.43 Å². The van der Waals surface area contributed by atoms with Crippen molar-refractivity contribution in [3.8, 4) is 0 Å². The van der Waals surface area contributed by atoms with Crippen LogP contribution in [0.1, 0.15) is 5.56 Å². The van der Waals surface area contributed by atoms with Gasteiger partial charge in [-0.05, 0) is 24.6 Å². The van der Waals surface area contributed by atoms with Gasteiger partial charge in [-0.2, -0.15) is 0 Å². The summed E-state index contributed by atoms with van der Waals surface area (Å²) in [4.78, 5) is -0.216. The molecular weight excluding hydrogens is 246 g/mol. The molecule has 16 heavy (non-hydrogen) atoms. The third-order valence-electron chi connectivity index (χ3n) is 1.91. The Labute approximate surface area is 91.9 Å². The van der Waals surface area contributed by atoms with Crippen molar-refractivity contribution in [1.29, 1.82) is 0 Å². The molecule has 2 atom stereocenters. The van der Waals surface area contributed by atoms with Crippen LogP contribution in [0, 0.1) is 12.7 Å².